The third kappa shape index (κ3) is 53.4. The number of hydrogen-bond acceptors (Lipinski definition) is 6. The summed E-state index contributed by atoms with van der Waals surface area (Å²) in [5.41, 5.74) is 0. The Morgan fingerprint density at radius 1 is 0.313 bits per heavy atom. The van der Waals surface area contributed by atoms with Crippen LogP contribution in [0, 0.1) is 0 Å². The first kappa shape index (κ1) is 63.6. The van der Waals surface area contributed by atoms with Gasteiger partial charge in [0, 0.05) is 19.3 Å². The van der Waals surface area contributed by atoms with Gasteiger partial charge in [-0.05, 0) is 83.5 Å². The van der Waals surface area contributed by atoms with Crippen molar-refractivity contribution in [2.45, 2.75) is 271 Å². The van der Waals surface area contributed by atoms with Crippen molar-refractivity contribution in [2.24, 2.45) is 0 Å². The molecule has 0 heterocycles. The third-order valence-electron chi connectivity index (χ3n) is 11.9. The lowest BCUT2D eigenvalue weighted by molar-refractivity contribution is -0.166. The molecule has 0 rings (SSSR count). The second kappa shape index (κ2) is 55.2. The molecule has 0 fully saturated rings. The minimum absolute atomic E-state index is 0.106. The number of allylic oxidation sites excluding steroid dienone is 14. The molecule has 1 unspecified atom stereocenters. The molecule has 0 aromatic heterocycles. The van der Waals surface area contributed by atoms with Gasteiger partial charge in [0.2, 0.25) is 0 Å². The Balaban J connectivity index is 4.50. The van der Waals surface area contributed by atoms with Gasteiger partial charge in [-0.3, -0.25) is 14.4 Å². The van der Waals surface area contributed by atoms with Gasteiger partial charge >= 0.3 is 17.9 Å². The van der Waals surface area contributed by atoms with Gasteiger partial charge in [0.25, 0.3) is 0 Å². The first-order chi connectivity index (χ1) is 33.0. The molecule has 67 heavy (non-hydrogen) atoms. The van der Waals surface area contributed by atoms with E-state index in [1.165, 1.54) is 128 Å². The number of carbonyl (C=O) groups excluding carboxylic acids is 3. The van der Waals surface area contributed by atoms with E-state index in [4.69, 9.17) is 14.2 Å². The molecular formula is C61H104O6. The van der Waals surface area contributed by atoms with Crippen LogP contribution in [0.3, 0.4) is 0 Å². The molecule has 0 aromatic rings. The van der Waals surface area contributed by atoms with Gasteiger partial charge in [-0.2, -0.15) is 0 Å². The van der Waals surface area contributed by atoms with E-state index in [0.717, 1.165) is 89.9 Å². The highest BCUT2D eigenvalue weighted by molar-refractivity contribution is 5.71. The number of hydrogen-bond donors (Lipinski definition) is 0. The number of rotatable bonds is 50. The monoisotopic (exact) mass is 933 g/mol. The zero-order valence-electron chi connectivity index (χ0n) is 43.9. The lowest BCUT2D eigenvalue weighted by Crippen LogP contribution is -2.30. The summed E-state index contributed by atoms with van der Waals surface area (Å²) in [5, 5.41) is 0. The Morgan fingerprint density at radius 2 is 0.612 bits per heavy atom. The molecule has 0 aliphatic rings. The van der Waals surface area contributed by atoms with Gasteiger partial charge in [0.15, 0.2) is 6.10 Å². The maximum atomic E-state index is 12.8. The number of carbonyl (C=O) groups is 3. The van der Waals surface area contributed by atoms with E-state index >= 15 is 0 Å². The van der Waals surface area contributed by atoms with Crippen molar-refractivity contribution in [3.8, 4) is 0 Å². The van der Waals surface area contributed by atoms with Crippen LogP contribution in [0.4, 0.5) is 0 Å². The fourth-order valence-corrected chi connectivity index (χ4v) is 7.70. The SMILES string of the molecule is CC/C=C\C/C=C\C/C=C\C/C=C\C/C=C\C/C=C\CCC(=O)OCC(COC(=O)CCCCC/C=C\CCCCCCCCC)OC(=O)CCCCCCCCCCCCCCCCCC. The van der Waals surface area contributed by atoms with Gasteiger partial charge in [0.05, 0.1) is 0 Å². The average molecular weight is 933 g/mol. The number of ether oxygens (including phenoxy) is 3. The van der Waals surface area contributed by atoms with Crippen LogP contribution in [0.5, 0.6) is 0 Å². The van der Waals surface area contributed by atoms with E-state index in [9.17, 15) is 14.4 Å². The Kier molecular flexibility index (Phi) is 52.4. The van der Waals surface area contributed by atoms with E-state index in [1.807, 2.05) is 6.08 Å². The normalized spacial score (nSPS) is 12.7. The Morgan fingerprint density at radius 3 is 1.01 bits per heavy atom. The maximum Gasteiger partial charge on any atom is 0.306 e. The summed E-state index contributed by atoms with van der Waals surface area (Å²) < 4.78 is 16.8. The van der Waals surface area contributed by atoms with Crippen molar-refractivity contribution in [1.82, 2.24) is 0 Å². The molecule has 6 nitrogen and oxygen atoms in total. The predicted molar refractivity (Wildman–Crippen MR) is 288 cm³/mol. The molecule has 0 saturated heterocycles. The first-order valence-corrected chi connectivity index (χ1v) is 28.1. The average Bonchev–Trinajstić information content (AvgIpc) is 3.33. The van der Waals surface area contributed by atoms with Crippen molar-refractivity contribution in [3.63, 3.8) is 0 Å². The fourth-order valence-electron chi connectivity index (χ4n) is 7.70. The molecule has 0 radical (unpaired) electrons. The standard InChI is InChI=1S/C61H104O6/c1-4-7-10-13-16-19-22-25-28-30-31-32-34-36-39-42-45-48-51-54-60(63)66-57-58(56-65-59(62)53-50-47-44-41-38-35-27-24-21-18-15-12-9-6-3)67-61(64)55-52-49-46-43-40-37-33-29-26-23-20-17-14-11-8-5-2/h7,10,16,19,25,28,31-32,35-36,38-39,45,48,58H,4-6,8-9,11-15,17-18,20-24,26-27,29-30,33-34,37,40-44,46-47,49-57H2,1-3H3/b10-7-,19-16-,28-25-,32-31-,38-35-,39-36-,48-45-. The second-order valence-electron chi connectivity index (χ2n) is 18.5. The molecule has 0 bridgehead atoms. The highest BCUT2D eigenvalue weighted by Crippen LogP contribution is 2.15. The molecule has 0 aliphatic heterocycles. The maximum absolute atomic E-state index is 12.8. The summed E-state index contributed by atoms with van der Waals surface area (Å²) >= 11 is 0. The van der Waals surface area contributed by atoms with Crippen LogP contribution in [-0.4, -0.2) is 37.2 Å². The highest BCUT2D eigenvalue weighted by atomic mass is 16.6. The van der Waals surface area contributed by atoms with E-state index in [1.54, 1.807) is 0 Å². The number of unbranched alkanes of at least 4 members (excludes halogenated alkanes) is 25. The summed E-state index contributed by atoms with van der Waals surface area (Å²) in [6.45, 7) is 6.46. The Labute approximate surface area is 414 Å². The summed E-state index contributed by atoms with van der Waals surface area (Å²) in [7, 11) is 0. The molecule has 0 aliphatic carbocycles. The molecular weight excluding hydrogens is 829 g/mol. The van der Waals surface area contributed by atoms with E-state index in [0.29, 0.717) is 19.3 Å². The summed E-state index contributed by atoms with van der Waals surface area (Å²) in [6.07, 6.45) is 71.5. The molecule has 0 aromatic carbocycles. The van der Waals surface area contributed by atoms with Crippen LogP contribution in [0.25, 0.3) is 0 Å². The van der Waals surface area contributed by atoms with Gasteiger partial charge < -0.3 is 14.2 Å². The topological polar surface area (TPSA) is 78.9 Å². The Hall–Kier alpha value is -3.41. The van der Waals surface area contributed by atoms with E-state index in [2.05, 4.69) is 99.8 Å². The van der Waals surface area contributed by atoms with Crippen molar-refractivity contribution >= 4 is 17.9 Å². The zero-order valence-corrected chi connectivity index (χ0v) is 43.9. The number of esters is 3. The van der Waals surface area contributed by atoms with Crippen molar-refractivity contribution in [1.29, 1.82) is 0 Å². The van der Waals surface area contributed by atoms with Crippen molar-refractivity contribution in [3.05, 3.63) is 85.1 Å². The highest BCUT2D eigenvalue weighted by Gasteiger charge is 2.19. The predicted octanol–water partition coefficient (Wildman–Crippen LogP) is 18.8. The fraction of sp³-hybridized carbons (Fsp3) is 0.721. The van der Waals surface area contributed by atoms with Gasteiger partial charge in [-0.1, -0.05) is 247 Å². The van der Waals surface area contributed by atoms with Gasteiger partial charge in [-0.25, -0.2) is 0 Å². The minimum atomic E-state index is -0.811. The van der Waals surface area contributed by atoms with Crippen LogP contribution < -0.4 is 0 Å². The smallest absolute Gasteiger partial charge is 0.306 e. The van der Waals surface area contributed by atoms with E-state index < -0.39 is 6.10 Å². The lowest BCUT2D eigenvalue weighted by Gasteiger charge is -2.18. The zero-order chi connectivity index (χ0) is 48.6. The van der Waals surface area contributed by atoms with Gasteiger partial charge in [0.1, 0.15) is 13.2 Å². The van der Waals surface area contributed by atoms with Crippen LogP contribution in [-0.2, 0) is 28.6 Å². The quantitative estimate of drug-likeness (QED) is 0.0262. The van der Waals surface area contributed by atoms with Crippen molar-refractivity contribution in [2.75, 3.05) is 13.2 Å². The summed E-state index contributed by atoms with van der Waals surface area (Å²) in [5.74, 6) is -1.00. The molecule has 384 valence electrons. The van der Waals surface area contributed by atoms with E-state index in [-0.39, 0.29) is 37.5 Å². The molecule has 0 N–H and O–H groups in total. The first-order valence-electron chi connectivity index (χ1n) is 28.1. The molecule has 0 saturated carbocycles. The van der Waals surface area contributed by atoms with Gasteiger partial charge in [-0.15, -0.1) is 0 Å². The van der Waals surface area contributed by atoms with Crippen LogP contribution in [0.2, 0.25) is 0 Å². The minimum Gasteiger partial charge on any atom is -0.462 e. The second-order valence-corrected chi connectivity index (χ2v) is 18.5. The van der Waals surface area contributed by atoms with Crippen molar-refractivity contribution < 1.29 is 28.6 Å². The third-order valence-corrected chi connectivity index (χ3v) is 11.9. The molecule has 0 spiro atoms. The van der Waals surface area contributed by atoms with Crippen LogP contribution in [0.15, 0.2) is 85.1 Å². The largest absolute Gasteiger partial charge is 0.462 e. The molecule has 0 amide bonds. The summed E-state index contributed by atoms with van der Waals surface area (Å²) in [6, 6.07) is 0. The van der Waals surface area contributed by atoms with Crippen LogP contribution >= 0.6 is 0 Å². The Bertz CT molecular complexity index is 1300. The lowest BCUT2D eigenvalue weighted by atomic mass is 10.0. The molecule has 6 heteroatoms. The summed E-state index contributed by atoms with van der Waals surface area (Å²) in [4.78, 5) is 38.1. The van der Waals surface area contributed by atoms with Crippen LogP contribution in [0.1, 0.15) is 265 Å². The molecule has 1 atom stereocenters.